The van der Waals surface area contributed by atoms with Gasteiger partial charge in [-0.15, -0.1) is 0 Å². The van der Waals surface area contributed by atoms with Crippen molar-refractivity contribution in [1.82, 2.24) is 4.90 Å². The molecule has 0 aromatic heterocycles. The molecule has 0 radical (unpaired) electrons. The zero-order valence-corrected chi connectivity index (χ0v) is 23.4. The summed E-state index contributed by atoms with van der Waals surface area (Å²) < 4.78 is 0. The topological polar surface area (TPSA) is 3.24 Å². The van der Waals surface area contributed by atoms with E-state index in [4.69, 9.17) is 0 Å². The predicted octanol–water partition coefficient (Wildman–Crippen LogP) is 9.66. The van der Waals surface area contributed by atoms with Crippen LogP contribution in [0.2, 0.25) is 0 Å². The summed E-state index contributed by atoms with van der Waals surface area (Å²) in [5.74, 6) is 0. The predicted molar refractivity (Wildman–Crippen MR) is 161 cm³/mol. The number of allylic oxidation sites excluding steroid dienone is 3. The van der Waals surface area contributed by atoms with Gasteiger partial charge in [-0.25, -0.2) is 0 Å². The van der Waals surface area contributed by atoms with E-state index in [0.717, 1.165) is 0 Å². The summed E-state index contributed by atoms with van der Waals surface area (Å²) in [6.07, 6.45) is 11.7. The summed E-state index contributed by atoms with van der Waals surface area (Å²) >= 11 is 0. The smallest absolute Gasteiger partial charge is 0.112 e. The van der Waals surface area contributed by atoms with Crippen molar-refractivity contribution in [3.63, 3.8) is 0 Å². The molecular formula is C37H37N. The number of nitrogens with zero attached hydrogens (tertiary/aromatic N) is 1. The molecular weight excluding hydrogens is 458 g/mol. The van der Waals surface area contributed by atoms with Gasteiger partial charge in [-0.1, -0.05) is 92.8 Å². The molecule has 0 saturated heterocycles. The largest absolute Gasteiger partial charge is 0.355 e. The molecule has 0 N–H and O–H groups in total. The van der Waals surface area contributed by atoms with E-state index < -0.39 is 0 Å². The van der Waals surface area contributed by atoms with Crippen LogP contribution in [0.1, 0.15) is 87.6 Å². The number of benzene rings is 4. The minimum absolute atomic E-state index is 0.0660. The molecule has 1 heteroatoms. The number of hydrogen-bond acceptors (Lipinski definition) is 1. The first-order valence-corrected chi connectivity index (χ1v) is 14.6. The number of hydrogen-bond donors (Lipinski definition) is 0. The lowest BCUT2D eigenvalue weighted by Gasteiger charge is -2.51. The summed E-state index contributed by atoms with van der Waals surface area (Å²) in [6.45, 7) is 11.9. The average molecular weight is 496 g/mol. The van der Waals surface area contributed by atoms with Gasteiger partial charge in [-0.2, -0.15) is 0 Å². The third-order valence-corrected chi connectivity index (χ3v) is 10.3. The van der Waals surface area contributed by atoms with Gasteiger partial charge in [0.1, 0.15) is 5.54 Å². The van der Waals surface area contributed by atoms with Crippen LogP contribution in [0.4, 0.5) is 0 Å². The number of rotatable bonds is 1. The van der Waals surface area contributed by atoms with E-state index in [1.807, 2.05) is 0 Å². The second-order valence-corrected chi connectivity index (χ2v) is 13.0. The summed E-state index contributed by atoms with van der Waals surface area (Å²) in [4.78, 5) is 2.87. The lowest BCUT2D eigenvalue weighted by Crippen LogP contribution is -2.51. The molecule has 38 heavy (non-hydrogen) atoms. The molecule has 0 amide bonds. The van der Waals surface area contributed by atoms with E-state index >= 15 is 0 Å². The van der Waals surface area contributed by atoms with E-state index in [1.165, 1.54) is 104 Å². The maximum absolute atomic E-state index is 2.87. The van der Waals surface area contributed by atoms with Gasteiger partial charge < -0.3 is 4.90 Å². The highest BCUT2D eigenvalue weighted by atomic mass is 15.2. The minimum atomic E-state index is -0.276. The van der Waals surface area contributed by atoms with Crippen molar-refractivity contribution >= 4 is 21.5 Å². The van der Waals surface area contributed by atoms with Crippen molar-refractivity contribution in [1.29, 1.82) is 0 Å². The van der Waals surface area contributed by atoms with Gasteiger partial charge in [0.25, 0.3) is 0 Å². The molecule has 4 aromatic carbocycles. The molecule has 3 aliphatic carbocycles. The molecule has 1 spiro atoms. The molecule has 8 rings (SSSR count). The lowest BCUT2D eigenvalue weighted by atomic mass is 9.67. The second kappa shape index (κ2) is 7.41. The maximum atomic E-state index is 2.87. The Hall–Kier alpha value is -3.32. The molecule has 1 atom stereocenters. The number of fused-ring (bicyclic) bond motifs is 4. The van der Waals surface area contributed by atoms with Crippen LogP contribution in [0.5, 0.6) is 0 Å². The summed E-state index contributed by atoms with van der Waals surface area (Å²) in [5, 5.41) is 5.67. The van der Waals surface area contributed by atoms with Crippen molar-refractivity contribution in [3.05, 3.63) is 106 Å². The van der Waals surface area contributed by atoms with Crippen molar-refractivity contribution in [2.45, 2.75) is 83.7 Å². The molecule has 1 saturated carbocycles. The standard InChI is InChI=1S/C37H37N/c1-22-18-26-15-16-29-33-32(26)30(19-22)36(4,5)31-20-25-11-9-10-14-28(25)35(34(31)33)37(29)21-23(2)17-24(3)38(37)27-12-7-6-8-13-27/h9-11,14-21,27H,6-8,12-13H2,1-5H3. The first-order valence-electron chi connectivity index (χ1n) is 14.6. The second-order valence-electron chi connectivity index (χ2n) is 13.0. The van der Waals surface area contributed by atoms with E-state index in [9.17, 15) is 0 Å². The molecule has 190 valence electrons. The van der Waals surface area contributed by atoms with Crippen molar-refractivity contribution in [2.75, 3.05) is 0 Å². The highest BCUT2D eigenvalue weighted by molar-refractivity contribution is 6.12. The van der Waals surface area contributed by atoms with Crippen LogP contribution in [0, 0.1) is 6.92 Å². The van der Waals surface area contributed by atoms with Crippen LogP contribution in [-0.2, 0) is 11.0 Å². The SMILES string of the molecule is CC1=CC2(c3ccc4cc(C)cc5c4c3-c3c(cc4ccccc4c32)C5(C)C)N(C2CCCCC2)C(C)=C1. The third kappa shape index (κ3) is 2.63. The van der Waals surface area contributed by atoms with Gasteiger partial charge in [0.15, 0.2) is 0 Å². The van der Waals surface area contributed by atoms with Crippen molar-refractivity contribution in [3.8, 4) is 11.1 Å². The fourth-order valence-corrected chi connectivity index (χ4v) is 8.90. The highest BCUT2D eigenvalue weighted by Gasteiger charge is 2.54. The van der Waals surface area contributed by atoms with Gasteiger partial charge in [0.2, 0.25) is 0 Å². The lowest BCUT2D eigenvalue weighted by molar-refractivity contribution is 0.120. The Labute approximate surface area is 226 Å². The highest BCUT2D eigenvalue weighted by Crippen LogP contribution is 2.64. The van der Waals surface area contributed by atoms with Gasteiger partial charge in [0.05, 0.1) is 0 Å². The van der Waals surface area contributed by atoms with Crippen LogP contribution in [0.15, 0.2) is 78.0 Å². The Kier molecular flexibility index (Phi) is 4.41. The Morgan fingerprint density at radius 1 is 0.763 bits per heavy atom. The van der Waals surface area contributed by atoms with Gasteiger partial charge in [0, 0.05) is 22.7 Å². The molecule has 1 aliphatic heterocycles. The first-order chi connectivity index (χ1) is 18.3. The average Bonchev–Trinajstić information content (AvgIpc) is 3.17. The van der Waals surface area contributed by atoms with E-state index in [1.54, 1.807) is 0 Å². The van der Waals surface area contributed by atoms with Crippen LogP contribution >= 0.6 is 0 Å². The normalized spacial score (nSPS) is 23.3. The summed E-state index contributed by atoms with van der Waals surface area (Å²) in [7, 11) is 0. The van der Waals surface area contributed by atoms with Crippen LogP contribution in [0.25, 0.3) is 32.7 Å². The minimum Gasteiger partial charge on any atom is -0.355 e. The van der Waals surface area contributed by atoms with E-state index in [0.29, 0.717) is 6.04 Å². The monoisotopic (exact) mass is 495 g/mol. The molecule has 4 aromatic rings. The molecule has 1 nitrogen and oxygen atoms in total. The van der Waals surface area contributed by atoms with Crippen LogP contribution in [-0.4, -0.2) is 10.9 Å². The fourth-order valence-electron chi connectivity index (χ4n) is 8.90. The van der Waals surface area contributed by atoms with Gasteiger partial charge in [-0.05, 0) is 101 Å². The van der Waals surface area contributed by atoms with Crippen LogP contribution < -0.4 is 0 Å². The van der Waals surface area contributed by atoms with E-state index in [2.05, 4.69) is 106 Å². The van der Waals surface area contributed by atoms with Crippen LogP contribution in [0.3, 0.4) is 0 Å². The Bertz CT molecular complexity index is 1760. The van der Waals surface area contributed by atoms with Crippen molar-refractivity contribution < 1.29 is 0 Å². The number of aryl methyl sites for hydroxylation is 1. The Morgan fingerprint density at radius 3 is 2.37 bits per heavy atom. The van der Waals surface area contributed by atoms with Gasteiger partial charge in [-0.3, -0.25) is 0 Å². The van der Waals surface area contributed by atoms with E-state index in [-0.39, 0.29) is 11.0 Å². The van der Waals surface area contributed by atoms with Gasteiger partial charge >= 0.3 is 0 Å². The van der Waals surface area contributed by atoms with Crippen molar-refractivity contribution in [2.24, 2.45) is 0 Å². The first kappa shape index (κ1) is 22.6. The quantitative estimate of drug-likeness (QED) is 0.254. The summed E-state index contributed by atoms with van der Waals surface area (Å²) in [6, 6.07) is 22.1. The Balaban J connectivity index is 1.61. The molecule has 1 fully saturated rings. The summed E-state index contributed by atoms with van der Waals surface area (Å²) in [5.41, 5.74) is 12.9. The maximum Gasteiger partial charge on any atom is 0.112 e. The molecule has 1 heterocycles. The molecule has 1 unspecified atom stereocenters. The third-order valence-electron chi connectivity index (χ3n) is 10.3. The molecule has 4 aliphatic rings. The zero-order chi connectivity index (χ0) is 26.0. The zero-order valence-electron chi connectivity index (χ0n) is 23.4. The molecule has 0 bridgehead atoms. The Morgan fingerprint density at radius 2 is 1.55 bits per heavy atom. The fraction of sp³-hybridized carbons (Fsp3) is 0.351.